The van der Waals surface area contributed by atoms with Crippen LogP contribution in [0.15, 0.2) is 29.2 Å². The average Bonchev–Trinajstić information content (AvgIpc) is 2.72. The summed E-state index contributed by atoms with van der Waals surface area (Å²) in [7, 11) is -2.62. The van der Waals surface area contributed by atoms with E-state index in [1.165, 1.54) is 23.5 Å². The lowest BCUT2D eigenvalue weighted by Crippen LogP contribution is -2.45. The summed E-state index contributed by atoms with van der Waals surface area (Å²) < 4.78 is 32.2. The molecule has 0 radical (unpaired) electrons. The van der Waals surface area contributed by atoms with Gasteiger partial charge in [-0.15, -0.1) is 0 Å². The molecule has 7 nitrogen and oxygen atoms in total. The number of nitrogens with one attached hydrogen (secondary N) is 1. The number of hydrogen-bond acceptors (Lipinski definition) is 5. The van der Waals surface area contributed by atoms with E-state index in [0.717, 1.165) is 19.3 Å². The minimum absolute atomic E-state index is 0.000874. The van der Waals surface area contributed by atoms with Crippen LogP contribution in [0.2, 0.25) is 0 Å². The van der Waals surface area contributed by atoms with Crippen LogP contribution >= 0.6 is 0 Å². The molecular formula is C22H34N2O5S. The van der Waals surface area contributed by atoms with Crippen LogP contribution in [0.1, 0.15) is 63.2 Å². The highest BCUT2D eigenvalue weighted by molar-refractivity contribution is 7.89. The molecule has 0 aliphatic carbocycles. The van der Waals surface area contributed by atoms with Crippen LogP contribution in [0.3, 0.4) is 0 Å². The highest BCUT2D eigenvalue weighted by atomic mass is 32.2. The quantitative estimate of drug-likeness (QED) is 0.598. The van der Waals surface area contributed by atoms with Crippen LogP contribution in [-0.2, 0) is 19.6 Å². The fourth-order valence-electron chi connectivity index (χ4n) is 3.73. The maximum atomic E-state index is 13.1. The van der Waals surface area contributed by atoms with Crippen molar-refractivity contribution in [3.8, 4) is 0 Å². The van der Waals surface area contributed by atoms with Crippen LogP contribution in [0.25, 0.3) is 0 Å². The average molecular weight is 439 g/mol. The molecule has 1 aromatic rings. The molecule has 2 rings (SSSR count). The first kappa shape index (κ1) is 24.3. The summed E-state index contributed by atoms with van der Waals surface area (Å²) in [6.07, 6.45) is 4.09. The van der Waals surface area contributed by atoms with Gasteiger partial charge in [0.15, 0.2) is 0 Å². The molecule has 0 bridgehead atoms. The number of sulfonamides is 1. The normalized spacial score (nSPS) is 17.0. The van der Waals surface area contributed by atoms with Crippen molar-refractivity contribution in [2.75, 3.05) is 20.2 Å². The molecule has 1 atom stereocenters. The van der Waals surface area contributed by atoms with Gasteiger partial charge in [-0.3, -0.25) is 4.79 Å². The van der Waals surface area contributed by atoms with Crippen molar-refractivity contribution in [3.05, 3.63) is 29.8 Å². The fraction of sp³-hybridized carbons (Fsp3) is 0.636. The second kappa shape index (κ2) is 10.9. The number of rotatable bonds is 9. The molecule has 1 amide bonds. The summed E-state index contributed by atoms with van der Waals surface area (Å²) in [5.74, 6) is -0.225. The molecule has 1 N–H and O–H groups in total. The van der Waals surface area contributed by atoms with Crippen LogP contribution in [0, 0.1) is 11.8 Å². The van der Waals surface area contributed by atoms with Crippen molar-refractivity contribution in [1.82, 2.24) is 9.62 Å². The second-order valence-corrected chi connectivity index (χ2v) is 10.3. The van der Waals surface area contributed by atoms with Crippen LogP contribution < -0.4 is 5.32 Å². The van der Waals surface area contributed by atoms with E-state index >= 15 is 0 Å². The molecule has 1 saturated heterocycles. The van der Waals surface area contributed by atoms with E-state index in [9.17, 15) is 18.0 Å². The zero-order valence-corrected chi connectivity index (χ0v) is 19.2. The fourth-order valence-corrected chi connectivity index (χ4v) is 5.38. The van der Waals surface area contributed by atoms with E-state index < -0.39 is 16.0 Å². The number of carbonyl (C=O) groups excluding carboxylic acids is 2. The first-order valence-corrected chi connectivity index (χ1v) is 12.1. The van der Waals surface area contributed by atoms with Gasteiger partial charge in [0.25, 0.3) is 0 Å². The van der Waals surface area contributed by atoms with Crippen LogP contribution in [-0.4, -0.2) is 50.8 Å². The Morgan fingerprint density at radius 1 is 1.13 bits per heavy atom. The molecule has 0 aromatic heterocycles. The molecule has 8 heteroatoms. The number of piperidine rings is 1. The maximum absolute atomic E-state index is 13.1. The van der Waals surface area contributed by atoms with E-state index in [0.29, 0.717) is 18.8 Å². The number of methoxy groups -OCH3 is 1. The number of esters is 1. The largest absolute Gasteiger partial charge is 0.465 e. The number of carbonyl (C=O) groups is 2. The number of hydrogen-bond donors (Lipinski definition) is 1. The molecule has 1 aliphatic heterocycles. The predicted molar refractivity (Wildman–Crippen MR) is 116 cm³/mol. The minimum atomic E-state index is -3.84. The summed E-state index contributed by atoms with van der Waals surface area (Å²) in [6.45, 7) is 6.89. The second-order valence-electron chi connectivity index (χ2n) is 8.40. The third kappa shape index (κ3) is 6.28. The Balaban J connectivity index is 1.95. The molecule has 30 heavy (non-hydrogen) atoms. The van der Waals surface area contributed by atoms with Crippen molar-refractivity contribution < 1.29 is 22.7 Å². The van der Waals surface area contributed by atoms with Gasteiger partial charge in [0.2, 0.25) is 15.9 Å². The molecule has 1 fully saturated rings. The Morgan fingerprint density at radius 3 is 2.37 bits per heavy atom. The van der Waals surface area contributed by atoms with Crippen molar-refractivity contribution in [2.24, 2.45) is 11.8 Å². The van der Waals surface area contributed by atoms with E-state index in [1.54, 1.807) is 12.1 Å². The first-order valence-electron chi connectivity index (χ1n) is 10.6. The van der Waals surface area contributed by atoms with Crippen molar-refractivity contribution >= 4 is 21.9 Å². The number of amides is 1. The molecule has 1 unspecified atom stereocenters. The molecule has 0 saturated carbocycles. The summed E-state index contributed by atoms with van der Waals surface area (Å²) >= 11 is 0. The van der Waals surface area contributed by atoms with Gasteiger partial charge in [0, 0.05) is 25.0 Å². The van der Waals surface area contributed by atoms with Crippen molar-refractivity contribution in [2.45, 2.75) is 63.8 Å². The van der Waals surface area contributed by atoms with Crippen molar-refractivity contribution in [3.63, 3.8) is 0 Å². The number of benzene rings is 1. The lowest BCUT2D eigenvalue weighted by atomic mass is 9.96. The van der Waals surface area contributed by atoms with E-state index in [-0.39, 0.29) is 41.4 Å². The topological polar surface area (TPSA) is 92.8 Å². The predicted octanol–water partition coefficient (Wildman–Crippen LogP) is 3.20. The molecule has 1 aliphatic rings. The third-order valence-corrected chi connectivity index (χ3v) is 7.50. The van der Waals surface area contributed by atoms with Gasteiger partial charge < -0.3 is 10.1 Å². The molecule has 1 aromatic carbocycles. The Bertz CT molecular complexity index is 830. The minimum Gasteiger partial charge on any atom is -0.465 e. The van der Waals surface area contributed by atoms with Gasteiger partial charge in [-0.1, -0.05) is 38.8 Å². The van der Waals surface area contributed by atoms with E-state index in [4.69, 9.17) is 4.74 Å². The Labute approximate surface area is 180 Å². The number of ether oxygens (including phenoxy) is 1. The third-order valence-electron chi connectivity index (χ3n) is 5.54. The Morgan fingerprint density at radius 2 is 1.77 bits per heavy atom. The molecule has 0 spiro atoms. The Hall–Kier alpha value is -1.93. The summed E-state index contributed by atoms with van der Waals surface area (Å²) in [4.78, 5) is 24.5. The van der Waals surface area contributed by atoms with Gasteiger partial charge in [-0.05, 0) is 44.2 Å². The lowest BCUT2D eigenvalue weighted by Gasteiger charge is -2.31. The summed E-state index contributed by atoms with van der Waals surface area (Å²) in [6, 6.07) is 6.16. The number of nitrogens with zero attached hydrogens (tertiary/aromatic N) is 1. The standard InChI is InChI=1S/C22H34N2O5S/c1-16(2)8-7-9-17(3)23-21(25)18-12-14-24(15-13-18)30(27,28)20-11-6-5-10-19(20)22(26)29-4/h5-6,10-11,16-18H,7-9,12-15H2,1-4H3,(H,23,25). The van der Waals surface area contributed by atoms with Crippen LogP contribution in [0.5, 0.6) is 0 Å². The Kier molecular flexibility index (Phi) is 8.85. The molecule has 168 valence electrons. The monoisotopic (exact) mass is 438 g/mol. The molecular weight excluding hydrogens is 404 g/mol. The highest BCUT2D eigenvalue weighted by Gasteiger charge is 2.34. The van der Waals surface area contributed by atoms with Gasteiger partial charge in [0.1, 0.15) is 0 Å². The first-order chi connectivity index (χ1) is 14.2. The highest BCUT2D eigenvalue weighted by Crippen LogP contribution is 2.26. The van der Waals surface area contributed by atoms with Gasteiger partial charge in [-0.25, -0.2) is 13.2 Å². The van der Waals surface area contributed by atoms with Gasteiger partial charge >= 0.3 is 5.97 Å². The van der Waals surface area contributed by atoms with Crippen molar-refractivity contribution in [1.29, 1.82) is 0 Å². The molecule has 1 heterocycles. The zero-order chi connectivity index (χ0) is 22.3. The summed E-state index contributed by atoms with van der Waals surface area (Å²) in [5.41, 5.74) is 0.0232. The van der Waals surface area contributed by atoms with Crippen LogP contribution in [0.4, 0.5) is 0 Å². The zero-order valence-electron chi connectivity index (χ0n) is 18.4. The van der Waals surface area contributed by atoms with Gasteiger partial charge in [0.05, 0.1) is 17.6 Å². The smallest absolute Gasteiger partial charge is 0.339 e. The maximum Gasteiger partial charge on any atom is 0.339 e. The lowest BCUT2D eigenvalue weighted by molar-refractivity contribution is -0.126. The van der Waals surface area contributed by atoms with Gasteiger partial charge in [-0.2, -0.15) is 4.31 Å². The summed E-state index contributed by atoms with van der Waals surface area (Å²) in [5, 5.41) is 3.07. The SMILES string of the molecule is COC(=O)c1ccccc1S(=O)(=O)N1CCC(C(=O)NC(C)CCCC(C)C)CC1. The van der Waals surface area contributed by atoms with E-state index in [1.807, 2.05) is 6.92 Å². The van der Waals surface area contributed by atoms with E-state index in [2.05, 4.69) is 19.2 Å².